The van der Waals surface area contributed by atoms with Gasteiger partial charge in [0.15, 0.2) is 0 Å². The van der Waals surface area contributed by atoms with Crippen molar-refractivity contribution >= 4 is 24.0 Å². The summed E-state index contributed by atoms with van der Waals surface area (Å²) in [6.07, 6.45) is -3.58. The van der Waals surface area contributed by atoms with Crippen molar-refractivity contribution in [1.82, 2.24) is 0 Å². The van der Waals surface area contributed by atoms with Gasteiger partial charge in [-0.1, -0.05) is 12.1 Å². The maximum atomic E-state index is 12.7. The molecule has 1 heterocycles. The molecule has 0 radical (unpaired) electrons. The lowest BCUT2D eigenvalue weighted by Gasteiger charge is -2.13. The van der Waals surface area contributed by atoms with Crippen LogP contribution < -0.4 is 15.8 Å². The zero-order valence-corrected chi connectivity index (χ0v) is 16.3. The highest BCUT2D eigenvalue weighted by atomic mass is 35.5. The Morgan fingerprint density at radius 3 is 2.52 bits per heavy atom. The summed E-state index contributed by atoms with van der Waals surface area (Å²) >= 11 is 0. The SMILES string of the molecule is Cl.NC[C@H]1CC[C@@H](C(=O)Nc2ccc(OCc3cccc(C(F)(F)F)c3)cc2)O1. The molecule has 2 aromatic rings. The van der Waals surface area contributed by atoms with Gasteiger partial charge in [0, 0.05) is 12.2 Å². The molecule has 0 saturated carbocycles. The number of anilines is 1. The first kappa shape index (κ1) is 23.0. The number of amides is 1. The van der Waals surface area contributed by atoms with Crippen LogP contribution in [0.1, 0.15) is 24.0 Å². The first-order valence-electron chi connectivity index (χ1n) is 8.90. The summed E-state index contributed by atoms with van der Waals surface area (Å²) in [7, 11) is 0. The van der Waals surface area contributed by atoms with Crippen molar-refractivity contribution in [2.45, 2.75) is 37.8 Å². The van der Waals surface area contributed by atoms with Crippen LogP contribution in [0.2, 0.25) is 0 Å². The van der Waals surface area contributed by atoms with Crippen molar-refractivity contribution in [3.63, 3.8) is 0 Å². The fourth-order valence-corrected chi connectivity index (χ4v) is 2.93. The highest BCUT2D eigenvalue weighted by molar-refractivity contribution is 5.94. The third kappa shape index (κ3) is 6.35. The normalized spacial score (nSPS) is 18.8. The molecule has 1 fully saturated rings. The predicted molar refractivity (Wildman–Crippen MR) is 105 cm³/mol. The van der Waals surface area contributed by atoms with Gasteiger partial charge in [-0.3, -0.25) is 4.79 Å². The molecule has 29 heavy (non-hydrogen) atoms. The number of hydrogen-bond donors (Lipinski definition) is 2. The molecule has 0 bridgehead atoms. The van der Waals surface area contributed by atoms with E-state index in [9.17, 15) is 18.0 Å². The van der Waals surface area contributed by atoms with Gasteiger partial charge in [0.1, 0.15) is 18.5 Å². The predicted octanol–water partition coefficient (Wildman–Crippen LogP) is 4.15. The van der Waals surface area contributed by atoms with E-state index in [2.05, 4.69) is 5.32 Å². The summed E-state index contributed by atoms with van der Waals surface area (Å²) in [4.78, 5) is 12.2. The van der Waals surface area contributed by atoms with Gasteiger partial charge in [-0.25, -0.2) is 0 Å². The second kappa shape index (κ2) is 9.96. The van der Waals surface area contributed by atoms with Crippen LogP contribution in [0.5, 0.6) is 5.75 Å². The average molecular weight is 431 g/mol. The van der Waals surface area contributed by atoms with Crippen LogP contribution in [-0.2, 0) is 22.3 Å². The number of nitrogens with two attached hydrogens (primary N) is 1. The van der Waals surface area contributed by atoms with Crippen LogP contribution in [0.25, 0.3) is 0 Å². The molecule has 3 rings (SSSR count). The van der Waals surface area contributed by atoms with E-state index in [0.29, 0.717) is 30.0 Å². The summed E-state index contributed by atoms with van der Waals surface area (Å²) in [5.41, 5.74) is 5.83. The Kier molecular flexibility index (Phi) is 7.89. The quantitative estimate of drug-likeness (QED) is 0.722. The maximum Gasteiger partial charge on any atom is 0.416 e. The average Bonchev–Trinajstić information content (AvgIpc) is 3.16. The Balaban J connectivity index is 0.00000300. The number of carbonyl (C=O) groups is 1. The van der Waals surface area contributed by atoms with Crippen molar-refractivity contribution in [2.75, 3.05) is 11.9 Å². The third-order valence-corrected chi connectivity index (χ3v) is 4.44. The van der Waals surface area contributed by atoms with Gasteiger partial charge in [-0.2, -0.15) is 13.2 Å². The first-order valence-corrected chi connectivity index (χ1v) is 8.90. The molecular weight excluding hydrogens is 409 g/mol. The van der Waals surface area contributed by atoms with Crippen LogP contribution >= 0.6 is 12.4 Å². The van der Waals surface area contributed by atoms with Gasteiger partial charge < -0.3 is 20.5 Å². The van der Waals surface area contributed by atoms with Crippen LogP contribution in [0.15, 0.2) is 48.5 Å². The molecule has 1 amide bonds. The van der Waals surface area contributed by atoms with Crippen LogP contribution in [0.4, 0.5) is 18.9 Å². The van der Waals surface area contributed by atoms with E-state index in [4.69, 9.17) is 15.2 Å². The minimum Gasteiger partial charge on any atom is -0.489 e. The van der Waals surface area contributed by atoms with Gasteiger partial charge in [0.2, 0.25) is 0 Å². The first-order chi connectivity index (χ1) is 13.3. The van der Waals surface area contributed by atoms with Gasteiger partial charge in [0.25, 0.3) is 5.91 Å². The van der Waals surface area contributed by atoms with Crippen LogP contribution in [0, 0.1) is 0 Å². The van der Waals surface area contributed by atoms with Gasteiger partial charge in [-0.15, -0.1) is 12.4 Å². The Hall–Kier alpha value is -2.29. The number of halogens is 4. The summed E-state index contributed by atoms with van der Waals surface area (Å²) < 4.78 is 49.3. The molecule has 0 unspecified atom stereocenters. The number of rotatable bonds is 6. The Bertz CT molecular complexity index is 815. The molecule has 1 aliphatic heterocycles. The molecule has 0 aliphatic carbocycles. The van der Waals surface area contributed by atoms with E-state index in [1.165, 1.54) is 6.07 Å². The molecule has 0 spiro atoms. The van der Waals surface area contributed by atoms with Gasteiger partial charge >= 0.3 is 6.18 Å². The topological polar surface area (TPSA) is 73.6 Å². The molecule has 1 aliphatic rings. The minimum absolute atomic E-state index is 0. The van der Waals surface area contributed by atoms with E-state index in [1.807, 2.05) is 0 Å². The van der Waals surface area contributed by atoms with Crippen LogP contribution in [-0.4, -0.2) is 24.7 Å². The molecule has 2 aromatic carbocycles. The summed E-state index contributed by atoms with van der Waals surface area (Å²) in [5.74, 6) is 0.254. The van der Waals surface area contributed by atoms with E-state index < -0.39 is 17.8 Å². The van der Waals surface area contributed by atoms with Crippen molar-refractivity contribution in [3.8, 4) is 5.75 Å². The van der Waals surface area contributed by atoms with Crippen molar-refractivity contribution in [2.24, 2.45) is 5.73 Å². The minimum atomic E-state index is -4.39. The summed E-state index contributed by atoms with van der Waals surface area (Å²) in [6, 6.07) is 11.6. The van der Waals surface area contributed by atoms with Crippen molar-refractivity contribution < 1.29 is 27.4 Å². The maximum absolute atomic E-state index is 12.7. The van der Waals surface area contributed by atoms with Gasteiger partial charge in [0.05, 0.1) is 11.7 Å². The Morgan fingerprint density at radius 1 is 1.17 bits per heavy atom. The number of hydrogen-bond acceptors (Lipinski definition) is 4. The highest BCUT2D eigenvalue weighted by Gasteiger charge is 2.31. The molecule has 3 N–H and O–H groups in total. The summed E-state index contributed by atoms with van der Waals surface area (Å²) in [5, 5.41) is 2.77. The zero-order chi connectivity index (χ0) is 20.1. The molecule has 2 atom stereocenters. The zero-order valence-electron chi connectivity index (χ0n) is 15.4. The Morgan fingerprint density at radius 2 is 1.90 bits per heavy atom. The van der Waals surface area contributed by atoms with Crippen molar-refractivity contribution in [1.29, 1.82) is 0 Å². The third-order valence-electron chi connectivity index (χ3n) is 4.44. The lowest BCUT2D eigenvalue weighted by molar-refractivity contribution is -0.137. The van der Waals surface area contributed by atoms with E-state index >= 15 is 0 Å². The Labute approximate surface area is 172 Å². The fourth-order valence-electron chi connectivity index (χ4n) is 2.93. The number of nitrogens with one attached hydrogen (secondary N) is 1. The smallest absolute Gasteiger partial charge is 0.416 e. The monoisotopic (exact) mass is 430 g/mol. The second-order valence-corrected chi connectivity index (χ2v) is 6.56. The molecule has 158 valence electrons. The standard InChI is InChI=1S/C20H21F3N2O3.ClH/c21-20(22,23)14-3-1-2-13(10-14)12-27-16-6-4-15(5-7-16)25-19(26)18-9-8-17(11-24)28-18;/h1-7,10,17-18H,8-9,11-12,24H2,(H,25,26);1H/t17-,18+;/m1./s1. The van der Waals surface area contributed by atoms with Crippen molar-refractivity contribution in [3.05, 3.63) is 59.7 Å². The van der Waals surface area contributed by atoms with Crippen LogP contribution in [0.3, 0.4) is 0 Å². The fraction of sp³-hybridized carbons (Fsp3) is 0.350. The molecule has 1 saturated heterocycles. The highest BCUT2D eigenvalue weighted by Crippen LogP contribution is 2.30. The lowest BCUT2D eigenvalue weighted by atomic mass is 10.1. The summed E-state index contributed by atoms with van der Waals surface area (Å²) in [6.45, 7) is 0.397. The largest absolute Gasteiger partial charge is 0.489 e. The lowest BCUT2D eigenvalue weighted by Crippen LogP contribution is -2.29. The number of alkyl halides is 3. The number of carbonyl (C=O) groups excluding carboxylic acids is 1. The second-order valence-electron chi connectivity index (χ2n) is 6.56. The van der Waals surface area contributed by atoms with E-state index in [-0.39, 0.29) is 31.0 Å². The van der Waals surface area contributed by atoms with E-state index in [1.54, 1.807) is 30.3 Å². The van der Waals surface area contributed by atoms with Gasteiger partial charge in [-0.05, 0) is 54.8 Å². The molecule has 0 aromatic heterocycles. The van der Waals surface area contributed by atoms with E-state index in [0.717, 1.165) is 18.6 Å². The number of benzene rings is 2. The number of ether oxygens (including phenoxy) is 2. The molecule has 9 heteroatoms. The molecular formula is C20H22ClF3N2O3. The molecule has 5 nitrogen and oxygen atoms in total.